The Hall–Kier alpha value is -0.920. The Balaban J connectivity index is 1.90. The second-order valence-electron chi connectivity index (χ2n) is 6.06. The van der Waals surface area contributed by atoms with Crippen LogP contribution in [0.3, 0.4) is 0 Å². The molecule has 1 heterocycles. The van der Waals surface area contributed by atoms with Crippen molar-refractivity contribution < 1.29 is 8.42 Å². The first-order valence-electron chi connectivity index (χ1n) is 7.10. The highest BCUT2D eigenvalue weighted by Gasteiger charge is 2.48. The van der Waals surface area contributed by atoms with Crippen molar-refractivity contribution in [2.75, 3.05) is 13.1 Å². The van der Waals surface area contributed by atoms with Crippen molar-refractivity contribution in [3.8, 4) is 0 Å². The van der Waals surface area contributed by atoms with Crippen LogP contribution in [0.4, 0.5) is 0 Å². The van der Waals surface area contributed by atoms with Gasteiger partial charge >= 0.3 is 0 Å². The summed E-state index contributed by atoms with van der Waals surface area (Å²) in [6.07, 6.45) is 4.98. The number of sulfonamides is 1. The summed E-state index contributed by atoms with van der Waals surface area (Å²) in [5, 5.41) is 7.36. The van der Waals surface area contributed by atoms with Crippen LogP contribution in [-0.4, -0.2) is 37.3 Å². The fourth-order valence-corrected chi connectivity index (χ4v) is 3.38. The molecule has 1 unspecified atom stereocenters. The molecule has 6 nitrogen and oxygen atoms in total. The lowest BCUT2D eigenvalue weighted by Crippen LogP contribution is -2.28. The first-order valence-corrected chi connectivity index (χ1v) is 8.59. The number of nitrogens with one attached hydrogen (secondary N) is 2. The zero-order valence-electron chi connectivity index (χ0n) is 12.4. The van der Waals surface area contributed by atoms with Gasteiger partial charge in [0.15, 0.2) is 0 Å². The van der Waals surface area contributed by atoms with E-state index in [1.165, 1.54) is 6.20 Å². The molecule has 0 radical (unpaired) electrons. The second kappa shape index (κ2) is 5.83. The molecule has 0 aromatic carbocycles. The normalized spacial score (nSPS) is 21.1. The van der Waals surface area contributed by atoms with Gasteiger partial charge in [0.25, 0.3) is 0 Å². The summed E-state index contributed by atoms with van der Waals surface area (Å²) >= 11 is 0. The Morgan fingerprint density at radius 3 is 2.75 bits per heavy atom. The zero-order valence-corrected chi connectivity index (χ0v) is 13.2. The van der Waals surface area contributed by atoms with Crippen molar-refractivity contribution in [2.45, 2.75) is 51.1 Å². The minimum absolute atomic E-state index is 0.0436. The van der Waals surface area contributed by atoms with Crippen molar-refractivity contribution in [3.63, 3.8) is 0 Å². The van der Waals surface area contributed by atoms with Crippen molar-refractivity contribution in [1.82, 2.24) is 19.8 Å². The van der Waals surface area contributed by atoms with E-state index in [1.807, 2.05) is 0 Å². The molecule has 114 valence electrons. The number of hydrogen-bond donors (Lipinski definition) is 2. The van der Waals surface area contributed by atoms with E-state index < -0.39 is 10.0 Å². The van der Waals surface area contributed by atoms with Gasteiger partial charge in [0, 0.05) is 18.8 Å². The average molecular weight is 300 g/mol. The van der Waals surface area contributed by atoms with E-state index in [1.54, 1.807) is 10.9 Å². The van der Waals surface area contributed by atoms with Gasteiger partial charge in [-0.25, -0.2) is 13.1 Å². The summed E-state index contributed by atoms with van der Waals surface area (Å²) in [5.41, 5.74) is 0.0765. The standard InChI is InChI=1S/C13H24N4O2S/c1-4-5-14-6-7-17-10-11(9-15-17)20(18,19)16-12-8-13(12,2)3/h9-10,12,14,16H,4-8H2,1-3H3. The minimum atomic E-state index is -3.44. The lowest BCUT2D eigenvalue weighted by molar-refractivity contribution is 0.549. The summed E-state index contributed by atoms with van der Waals surface area (Å²) in [6, 6.07) is 0.0436. The highest BCUT2D eigenvalue weighted by Crippen LogP contribution is 2.45. The van der Waals surface area contributed by atoms with Gasteiger partial charge in [-0.2, -0.15) is 5.10 Å². The Bertz CT molecular complexity index is 550. The minimum Gasteiger partial charge on any atom is -0.315 e. The van der Waals surface area contributed by atoms with Crippen LogP contribution in [-0.2, 0) is 16.6 Å². The predicted octanol–water partition coefficient (Wildman–Crippen LogP) is 0.960. The van der Waals surface area contributed by atoms with Crippen LogP contribution in [0.25, 0.3) is 0 Å². The summed E-state index contributed by atoms with van der Waals surface area (Å²) in [6.45, 7) is 8.65. The molecule has 0 aliphatic heterocycles. The molecule has 0 spiro atoms. The fraction of sp³-hybridized carbons (Fsp3) is 0.769. The van der Waals surface area contributed by atoms with Gasteiger partial charge in [0.2, 0.25) is 10.0 Å². The van der Waals surface area contributed by atoms with Crippen molar-refractivity contribution in [1.29, 1.82) is 0 Å². The topological polar surface area (TPSA) is 76.0 Å². The predicted molar refractivity (Wildman–Crippen MR) is 77.9 cm³/mol. The van der Waals surface area contributed by atoms with Gasteiger partial charge in [-0.3, -0.25) is 4.68 Å². The molecular formula is C13H24N4O2S. The van der Waals surface area contributed by atoms with E-state index in [-0.39, 0.29) is 16.4 Å². The molecule has 1 aromatic heterocycles. The van der Waals surface area contributed by atoms with Crippen molar-refractivity contribution in [3.05, 3.63) is 12.4 Å². The molecule has 1 saturated carbocycles. The van der Waals surface area contributed by atoms with Crippen molar-refractivity contribution >= 4 is 10.0 Å². The monoisotopic (exact) mass is 300 g/mol. The van der Waals surface area contributed by atoms with E-state index in [0.717, 1.165) is 25.9 Å². The maximum Gasteiger partial charge on any atom is 0.243 e. The third kappa shape index (κ3) is 3.80. The Labute approximate surface area is 121 Å². The van der Waals surface area contributed by atoms with Crippen LogP contribution in [0.15, 0.2) is 17.3 Å². The molecule has 1 aliphatic rings. The lowest BCUT2D eigenvalue weighted by atomic mass is 10.2. The summed E-state index contributed by atoms with van der Waals surface area (Å²) < 4.78 is 28.8. The van der Waals surface area contributed by atoms with Gasteiger partial charge in [-0.05, 0) is 24.8 Å². The van der Waals surface area contributed by atoms with E-state index >= 15 is 0 Å². The Morgan fingerprint density at radius 2 is 2.15 bits per heavy atom. The fourth-order valence-electron chi connectivity index (χ4n) is 2.02. The number of rotatable bonds is 8. The molecule has 2 rings (SSSR count). The molecule has 1 fully saturated rings. The van der Waals surface area contributed by atoms with E-state index in [2.05, 4.69) is 35.9 Å². The average Bonchev–Trinajstić information content (AvgIpc) is 2.80. The van der Waals surface area contributed by atoms with Crippen LogP contribution in [0.5, 0.6) is 0 Å². The van der Waals surface area contributed by atoms with Crippen LogP contribution in [0.1, 0.15) is 33.6 Å². The van der Waals surface area contributed by atoms with E-state index in [0.29, 0.717) is 6.54 Å². The maximum absolute atomic E-state index is 12.2. The molecule has 20 heavy (non-hydrogen) atoms. The quantitative estimate of drug-likeness (QED) is 0.701. The SMILES string of the molecule is CCCNCCn1cc(S(=O)(=O)NC2CC2(C)C)cn1. The maximum atomic E-state index is 12.2. The van der Waals surface area contributed by atoms with E-state index in [9.17, 15) is 8.42 Å². The number of nitrogens with zero attached hydrogens (tertiary/aromatic N) is 2. The number of hydrogen-bond acceptors (Lipinski definition) is 4. The smallest absolute Gasteiger partial charge is 0.243 e. The van der Waals surface area contributed by atoms with Gasteiger partial charge in [-0.1, -0.05) is 20.8 Å². The first-order chi connectivity index (χ1) is 9.35. The summed E-state index contributed by atoms with van der Waals surface area (Å²) in [7, 11) is -3.44. The van der Waals surface area contributed by atoms with Gasteiger partial charge in [-0.15, -0.1) is 0 Å². The molecule has 1 atom stereocenters. The molecule has 0 bridgehead atoms. The van der Waals surface area contributed by atoms with E-state index in [4.69, 9.17) is 0 Å². The molecular weight excluding hydrogens is 276 g/mol. The Morgan fingerprint density at radius 1 is 1.45 bits per heavy atom. The number of aromatic nitrogens is 2. The molecule has 2 N–H and O–H groups in total. The van der Waals surface area contributed by atoms with Gasteiger partial charge in [0.1, 0.15) is 4.90 Å². The third-order valence-electron chi connectivity index (χ3n) is 3.68. The third-order valence-corrected chi connectivity index (χ3v) is 5.10. The lowest BCUT2D eigenvalue weighted by Gasteiger charge is -2.06. The van der Waals surface area contributed by atoms with Gasteiger partial charge < -0.3 is 5.32 Å². The first kappa shape index (κ1) is 15.5. The summed E-state index contributed by atoms with van der Waals surface area (Å²) in [4.78, 5) is 0.246. The van der Waals surface area contributed by atoms with Crippen molar-refractivity contribution in [2.24, 2.45) is 5.41 Å². The van der Waals surface area contributed by atoms with Gasteiger partial charge in [0.05, 0.1) is 12.7 Å². The summed E-state index contributed by atoms with van der Waals surface area (Å²) in [5.74, 6) is 0. The van der Waals surface area contributed by atoms with Crippen LogP contribution >= 0.6 is 0 Å². The highest BCUT2D eigenvalue weighted by atomic mass is 32.2. The molecule has 7 heteroatoms. The van der Waals surface area contributed by atoms with Crippen LogP contribution in [0.2, 0.25) is 0 Å². The van der Waals surface area contributed by atoms with Crippen LogP contribution in [0, 0.1) is 5.41 Å². The molecule has 0 saturated heterocycles. The van der Waals surface area contributed by atoms with Crippen LogP contribution < -0.4 is 10.0 Å². The molecule has 0 amide bonds. The zero-order chi connectivity index (χ0) is 14.8. The molecule has 1 aromatic rings. The molecule has 1 aliphatic carbocycles. The highest BCUT2D eigenvalue weighted by molar-refractivity contribution is 7.89. The Kier molecular flexibility index (Phi) is 4.51. The largest absolute Gasteiger partial charge is 0.315 e. The second-order valence-corrected chi connectivity index (χ2v) is 7.77.